The molecule has 6 aromatic rings. The number of fused-ring (bicyclic) bond motifs is 3. The summed E-state index contributed by atoms with van der Waals surface area (Å²) in [6, 6.07) is 40.5. The number of ether oxygens (including phenoxy) is 3. The van der Waals surface area contributed by atoms with Gasteiger partial charge in [-0.05, 0) is 169 Å². The van der Waals surface area contributed by atoms with E-state index in [0.29, 0.717) is 19.3 Å². The molecule has 1 aliphatic carbocycles. The van der Waals surface area contributed by atoms with E-state index in [2.05, 4.69) is 149 Å². The highest BCUT2D eigenvalue weighted by Gasteiger charge is 2.43. The maximum atomic E-state index is 13.0. The van der Waals surface area contributed by atoms with Crippen LogP contribution in [0.5, 0.6) is 5.75 Å². The number of hydrogen-bond acceptors (Lipinski definition) is 7. The molecule has 370 valence electrons. The van der Waals surface area contributed by atoms with Gasteiger partial charge in [0.15, 0.2) is 0 Å². The number of benzene rings is 4. The summed E-state index contributed by atoms with van der Waals surface area (Å²) in [4.78, 5) is 30.6. The summed E-state index contributed by atoms with van der Waals surface area (Å²) < 4.78 is 17.3. The lowest BCUT2D eigenvalue weighted by Gasteiger charge is -2.33. The van der Waals surface area contributed by atoms with E-state index >= 15 is 0 Å². The van der Waals surface area contributed by atoms with Crippen LogP contribution in [0.4, 0.5) is 0 Å². The largest absolute Gasteiger partial charge is 0.494 e. The highest BCUT2D eigenvalue weighted by atomic mass is 32.1. The van der Waals surface area contributed by atoms with E-state index in [9.17, 15) is 9.59 Å². The lowest BCUT2D eigenvalue weighted by molar-refractivity contribution is -0.146. The topological polar surface area (TPSA) is 61.8 Å². The van der Waals surface area contributed by atoms with Crippen LogP contribution < -0.4 is 4.74 Å². The highest BCUT2D eigenvalue weighted by Crippen LogP contribution is 2.56. The number of carbonyl (C=O) groups excluding carboxylic acids is 2. The Balaban J connectivity index is 1.18. The lowest BCUT2D eigenvalue weighted by Crippen LogP contribution is -2.26. The van der Waals surface area contributed by atoms with Gasteiger partial charge in [0, 0.05) is 37.8 Å². The molecule has 0 N–H and O–H groups in total. The molecule has 0 aliphatic heterocycles. The van der Waals surface area contributed by atoms with E-state index in [1.807, 2.05) is 22.7 Å². The van der Waals surface area contributed by atoms with Gasteiger partial charge in [-0.25, -0.2) is 0 Å². The molecule has 0 amide bonds. The number of esters is 2. The molecule has 7 heteroatoms. The molecule has 7 rings (SSSR count). The maximum Gasteiger partial charge on any atom is 0.306 e. The molecule has 1 aliphatic rings. The van der Waals surface area contributed by atoms with Crippen molar-refractivity contribution in [2.24, 2.45) is 0 Å². The van der Waals surface area contributed by atoms with Gasteiger partial charge in [-0.15, -0.1) is 22.7 Å². The molecule has 4 aromatic carbocycles. The lowest BCUT2D eigenvalue weighted by atomic mass is 9.70. The molecule has 5 nitrogen and oxygen atoms in total. The average molecular weight is 985 g/mol. The molecule has 0 spiro atoms. The highest BCUT2D eigenvalue weighted by molar-refractivity contribution is 7.19. The average Bonchev–Trinajstić information content (AvgIpc) is 4.16. The second-order valence-electron chi connectivity index (χ2n) is 18.9. The van der Waals surface area contributed by atoms with Gasteiger partial charge in [0.1, 0.15) is 18.0 Å². The number of hydrogen-bond donors (Lipinski definition) is 0. The third kappa shape index (κ3) is 13.9. The maximum absolute atomic E-state index is 13.0. The Bertz CT molecular complexity index is 2700. The number of aryl methyl sites for hydroxylation is 1. The van der Waals surface area contributed by atoms with Crippen molar-refractivity contribution in [1.29, 1.82) is 0 Å². The van der Waals surface area contributed by atoms with Crippen molar-refractivity contribution in [3.05, 3.63) is 177 Å². The molecule has 71 heavy (non-hydrogen) atoms. The summed E-state index contributed by atoms with van der Waals surface area (Å²) in [7, 11) is 0. The SMILES string of the molecule is C=CC(C=C)OC(=O)CCCCCCC1(CCCCC(=O)OC(C=C)C=C)c2cc(-c3ccc(-c4ccc(C)cc4)s3)ccc2-c2ccc(-c3ccc(-c4ccc(OCCCCCCCC)cc4)s3)cc21. The van der Waals surface area contributed by atoms with Crippen molar-refractivity contribution in [3.63, 3.8) is 0 Å². The van der Waals surface area contributed by atoms with Crippen LogP contribution in [0.1, 0.15) is 126 Å². The van der Waals surface area contributed by atoms with E-state index in [0.717, 1.165) is 63.7 Å². The second kappa shape index (κ2) is 26.4. The molecular formula is C64H72O5S2. The van der Waals surface area contributed by atoms with Crippen molar-refractivity contribution in [2.45, 2.75) is 134 Å². The first-order valence-corrected chi connectivity index (χ1v) is 27.5. The smallest absolute Gasteiger partial charge is 0.306 e. The Labute approximate surface area is 432 Å². The molecule has 0 bridgehead atoms. The number of carbonyl (C=O) groups is 2. The Morgan fingerprint density at radius 3 is 1.42 bits per heavy atom. The summed E-state index contributed by atoms with van der Waals surface area (Å²) in [5, 5.41) is 0. The fraction of sp³-hybridized carbons (Fsp3) is 0.344. The summed E-state index contributed by atoms with van der Waals surface area (Å²) in [6.45, 7) is 20.2. The Morgan fingerprint density at radius 1 is 0.507 bits per heavy atom. The zero-order valence-corrected chi connectivity index (χ0v) is 43.7. The van der Waals surface area contributed by atoms with Gasteiger partial charge >= 0.3 is 11.9 Å². The number of unbranched alkanes of at least 4 members (excludes halogenated alkanes) is 9. The number of thiophene rings is 2. The van der Waals surface area contributed by atoms with Crippen LogP contribution in [0.2, 0.25) is 0 Å². The van der Waals surface area contributed by atoms with Gasteiger partial charge in [-0.2, -0.15) is 0 Å². The standard InChI is InChI=1S/C64H72O5S2/c1-7-12-13-14-17-22-43-67-53-33-29-48(30-34-53)59-38-40-61(71-59)50-32-36-55-54-35-31-49(60-39-37-58(70-60)47-27-25-46(6)26-28-47)44-56(54)64(57(55)45-50,42-21-19-24-63(66)69-52(10-4)11-5)41-20-16-15-18-23-62(65)68-51(8-2)9-3/h8-11,25-40,44-45,51-52H,2-5,7,12-24,41-43H2,1,6H3. The summed E-state index contributed by atoms with van der Waals surface area (Å²) in [5.41, 5.74) is 11.0. The Kier molecular flexibility index (Phi) is 19.7. The van der Waals surface area contributed by atoms with Crippen LogP contribution in [0, 0.1) is 6.92 Å². The van der Waals surface area contributed by atoms with Crippen LogP contribution in [-0.2, 0) is 24.5 Å². The predicted molar refractivity (Wildman–Crippen MR) is 300 cm³/mol. The summed E-state index contributed by atoms with van der Waals surface area (Å²) in [6.07, 6.45) is 20.5. The van der Waals surface area contributed by atoms with E-state index in [1.165, 1.54) is 102 Å². The zero-order valence-electron chi connectivity index (χ0n) is 42.1. The molecule has 0 saturated carbocycles. The third-order valence-corrected chi connectivity index (χ3v) is 16.2. The minimum atomic E-state index is -0.499. The van der Waals surface area contributed by atoms with Gasteiger partial charge < -0.3 is 14.2 Å². The minimum absolute atomic E-state index is 0.225. The van der Waals surface area contributed by atoms with Crippen LogP contribution in [0.15, 0.2) is 160 Å². The van der Waals surface area contributed by atoms with Gasteiger partial charge in [0.25, 0.3) is 0 Å². The van der Waals surface area contributed by atoms with Crippen molar-refractivity contribution >= 4 is 34.6 Å². The van der Waals surface area contributed by atoms with E-state index < -0.39 is 12.2 Å². The number of rotatable bonds is 30. The van der Waals surface area contributed by atoms with Gasteiger partial charge in [0.05, 0.1) is 6.61 Å². The van der Waals surface area contributed by atoms with Crippen molar-refractivity contribution < 1.29 is 23.8 Å². The summed E-state index contributed by atoms with van der Waals surface area (Å²) >= 11 is 3.65. The van der Waals surface area contributed by atoms with Crippen LogP contribution >= 0.6 is 22.7 Å². The first-order chi connectivity index (χ1) is 34.7. The van der Waals surface area contributed by atoms with Crippen LogP contribution in [-0.4, -0.2) is 30.8 Å². The second-order valence-corrected chi connectivity index (χ2v) is 21.1. The molecule has 1 unspecified atom stereocenters. The quantitative estimate of drug-likeness (QED) is 0.0256. The zero-order chi connectivity index (χ0) is 50.0. The molecule has 1 atom stereocenters. The molecule has 2 heterocycles. The minimum Gasteiger partial charge on any atom is -0.494 e. The monoisotopic (exact) mass is 984 g/mol. The van der Waals surface area contributed by atoms with Gasteiger partial charge in [0.2, 0.25) is 0 Å². The van der Waals surface area contributed by atoms with Crippen molar-refractivity contribution in [2.75, 3.05) is 6.61 Å². The molecule has 0 saturated heterocycles. The van der Waals surface area contributed by atoms with Crippen LogP contribution in [0.25, 0.3) is 52.9 Å². The van der Waals surface area contributed by atoms with E-state index in [4.69, 9.17) is 14.2 Å². The predicted octanol–water partition coefficient (Wildman–Crippen LogP) is 18.3. The van der Waals surface area contributed by atoms with E-state index in [-0.39, 0.29) is 17.4 Å². The summed E-state index contributed by atoms with van der Waals surface area (Å²) in [5.74, 6) is 0.458. The van der Waals surface area contributed by atoms with Crippen molar-refractivity contribution in [1.82, 2.24) is 0 Å². The van der Waals surface area contributed by atoms with Crippen molar-refractivity contribution in [3.8, 4) is 58.6 Å². The van der Waals surface area contributed by atoms with Gasteiger partial charge in [-0.1, -0.05) is 145 Å². The molecule has 2 aromatic heterocycles. The Hall–Kier alpha value is -6.02. The third-order valence-electron chi connectivity index (χ3n) is 13.8. The normalized spacial score (nSPS) is 13.7. The molecule has 0 radical (unpaired) electrons. The first kappa shape index (κ1) is 52.8. The van der Waals surface area contributed by atoms with E-state index in [1.54, 1.807) is 24.3 Å². The molecular weight excluding hydrogens is 913 g/mol. The fourth-order valence-electron chi connectivity index (χ4n) is 9.82. The van der Waals surface area contributed by atoms with Crippen LogP contribution in [0.3, 0.4) is 0 Å². The van der Waals surface area contributed by atoms with Gasteiger partial charge in [-0.3, -0.25) is 9.59 Å². The molecule has 0 fully saturated rings. The first-order valence-electron chi connectivity index (χ1n) is 25.9. The Morgan fingerprint density at radius 2 is 0.915 bits per heavy atom. The fourth-order valence-corrected chi connectivity index (χ4v) is 11.8.